The van der Waals surface area contributed by atoms with Crippen molar-refractivity contribution in [3.8, 4) is 6.07 Å². The summed E-state index contributed by atoms with van der Waals surface area (Å²) in [6, 6.07) is 1.73. The second kappa shape index (κ2) is 6.80. The van der Waals surface area contributed by atoms with E-state index in [1.165, 1.54) is 0 Å². The Labute approximate surface area is 93.9 Å². The minimum Gasteiger partial charge on any atom is -0.381 e. The number of nitrogens with zero attached hydrogens (tertiary/aromatic N) is 1. The van der Waals surface area contributed by atoms with Crippen molar-refractivity contribution in [2.24, 2.45) is 5.92 Å². The number of hydrogen-bond acceptors (Lipinski definition) is 4. The Morgan fingerprint density at radius 1 is 1.38 bits per heavy atom. The Bertz CT molecular complexity index is 292. The van der Waals surface area contributed by atoms with Gasteiger partial charge in [-0.25, -0.2) is 0 Å². The summed E-state index contributed by atoms with van der Waals surface area (Å²) in [7, 11) is 0. The van der Waals surface area contributed by atoms with E-state index >= 15 is 0 Å². The van der Waals surface area contributed by atoms with Gasteiger partial charge in [-0.1, -0.05) is 0 Å². The van der Waals surface area contributed by atoms with Crippen LogP contribution in [0.25, 0.3) is 0 Å². The van der Waals surface area contributed by atoms with Gasteiger partial charge < -0.3 is 15.4 Å². The maximum absolute atomic E-state index is 11.2. The summed E-state index contributed by atoms with van der Waals surface area (Å²) in [5.41, 5.74) is 0. The standard InChI is InChI=1S/C10H15N3O3/c11-3-5-13-10(15)9(14)12-4-1-8-2-6-16-7-8/h8H,1-2,4-7H2,(H,12,14)(H,13,15). The van der Waals surface area contributed by atoms with Crippen LogP contribution in [0.15, 0.2) is 0 Å². The topological polar surface area (TPSA) is 91.2 Å². The molecular formula is C10H15N3O3. The molecule has 1 saturated heterocycles. The van der Waals surface area contributed by atoms with E-state index in [4.69, 9.17) is 10.00 Å². The fourth-order valence-electron chi connectivity index (χ4n) is 1.48. The minimum absolute atomic E-state index is 0.150. The average Bonchev–Trinajstić information content (AvgIpc) is 2.78. The molecule has 0 radical (unpaired) electrons. The van der Waals surface area contributed by atoms with Gasteiger partial charge in [0.1, 0.15) is 6.54 Å². The fourth-order valence-corrected chi connectivity index (χ4v) is 1.48. The maximum atomic E-state index is 11.2. The van der Waals surface area contributed by atoms with Crippen molar-refractivity contribution in [1.29, 1.82) is 5.26 Å². The Morgan fingerprint density at radius 3 is 2.75 bits per heavy atom. The predicted molar refractivity (Wildman–Crippen MR) is 55.2 cm³/mol. The molecule has 0 aliphatic carbocycles. The molecule has 0 aromatic carbocycles. The van der Waals surface area contributed by atoms with Crippen LogP contribution < -0.4 is 10.6 Å². The average molecular weight is 225 g/mol. The van der Waals surface area contributed by atoms with Crippen LogP contribution in [0.5, 0.6) is 0 Å². The van der Waals surface area contributed by atoms with Gasteiger partial charge >= 0.3 is 11.8 Å². The summed E-state index contributed by atoms with van der Waals surface area (Å²) in [6.07, 6.45) is 1.83. The van der Waals surface area contributed by atoms with Gasteiger partial charge in [0, 0.05) is 19.8 Å². The highest BCUT2D eigenvalue weighted by Crippen LogP contribution is 2.14. The number of nitrogens with one attached hydrogen (secondary N) is 2. The van der Waals surface area contributed by atoms with Crippen molar-refractivity contribution >= 4 is 11.8 Å². The molecule has 0 saturated carbocycles. The molecule has 1 aliphatic rings. The van der Waals surface area contributed by atoms with Gasteiger partial charge in [0.05, 0.1) is 6.07 Å². The molecule has 1 fully saturated rings. The molecule has 6 heteroatoms. The van der Waals surface area contributed by atoms with Gasteiger partial charge in [0.15, 0.2) is 0 Å². The third-order valence-corrected chi connectivity index (χ3v) is 2.40. The van der Waals surface area contributed by atoms with E-state index < -0.39 is 11.8 Å². The number of carbonyl (C=O) groups excluding carboxylic acids is 2. The zero-order valence-corrected chi connectivity index (χ0v) is 8.99. The number of rotatable bonds is 4. The molecule has 0 aromatic heterocycles. The molecule has 1 rings (SSSR count). The van der Waals surface area contributed by atoms with Gasteiger partial charge in [0.2, 0.25) is 0 Å². The van der Waals surface area contributed by atoms with Crippen LogP contribution in [-0.4, -0.2) is 38.1 Å². The first-order chi connectivity index (χ1) is 7.74. The fraction of sp³-hybridized carbons (Fsp3) is 0.700. The summed E-state index contributed by atoms with van der Waals surface area (Å²) in [5, 5.41) is 12.9. The highest BCUT2D eigenvalue weighted by molar-refractivity contribution is 6.35. The minimum atomic E-state index is -0.760. The van der Waals surface area contributed by atoms with Crippen LogP contribution in [0.4, 0.5) is 0 Å². The lowest BCUT2D eigenvalue weighted by Crippen LogP contribution is -2.40. The molecule has 88 valence electrons. The summed E-state index contributed by atoms with van der Waals surface area (Å²) in [5.74, 6) is -0.971. The first kappa shape index (κ1) is 12.5. The summed E-state index contributed by atoms with van der Waals surface area (Å²) < 4.78 is 5.19. The zero-order chi connectivity index (χ0) is 11.8. The lowest BCUT2D eigenvalue weighted by atomic mass is 10.1. The van der Waals surface area contributed by atoms with Crippen LogP contribution in [0.2, 0.25) is 0 Å². The van der Waals surface area contributed by atoms with Gasteiger partial charge in [-0.3, -0.25) is 9.59 Å². The quantitative estimate of drug-likeness (QED) is 0.482. The van der Waals surface area contributed by atoms with E-state index in [1.807, 2.05) is 0 Å². The molecule has 1 aliphatic heterocycles. The first-order valence-corrected chi connectivity index (χ1v) is 5.24. The van der Waals surface area contributed by atoms with Crippen molar-refractivity contribution in [3.63, 3.8) is 0 Å². The summed E-state index contributed by atoms with van der Waals surface area (Å²) in [4.78, 5) is 22.2. The molecule has 0 spiro atoms. The van der Waals surface area contributed by atoms with Crippen LogP contribution in [0.1, 0.15) is 12.8 Å². The first-order valence-electron chi connectivity index (χ1n) is 5.24. The number of carbonyl (C=O) groups is 2. The molecule has 0 aromatic rings. The second-order valence-corrected chi connectivity index (χ2v) is 3.61. The molecule has 0 bridgehead atoms. The predicted octanol–water partition coefficient (Wildman–Crippen LogP) is -0.831. The van der Waals surface area contributed by atoms with E-state index in [0.29, 0.717) is 12.5 Å². The van der Waals surface area contributed by atoms with Crippen LogP contribution in [0, 0.1) is 17.2 Å². The van der Waals surface area contributed by atoms with Gasteiger partial charge in [-0.05, 0) is 18.8 Å². The third kappa shape index (κ3) is 4.28. The van der Waals surface area contributed by atoms with Gasteiger partial charge in [-0.2, -0.15) is 5.26 Å². The van der Waals surface area contributed by atoms with Gasteiger partial charge in [0.25, 0.3) is 0 Å². The zero-order valence-electron chi connectivity index (χ0n) is 8.99. The molecule has 1 atom stereocenters. The van der Waals surface area contributed by atoms with Crippen molar-refractivity contribution in [2.45, 2.75) is 12.8 Å². The smallest absolute Gasteiger partial charge is 0.310 e. The molecule has 16 heavy (non-hydrogen) atoms. The van der Waals surface area contributed by atoms with Crippen molar-refractivity contribution in [1.82, 2.24) is 10.6 Å². The molecule has 2 N–H and O–H groups in total. The monoisotopic (exact) mass is 225 g/mol. The van der Waals surface area contributed by atoms with E-state index in [0.717, 1.165) is 26.1 Å². The molecule has 6 nitrogen and oxygen atoms in total. The van der Waals surface area contributed by atoms with E-state index in [2.05, 4.69) is 10.6 Å². The van der Waals surface area contributed by atoms with Crippen molar-refractivity contribution in [2.75, 3.05) is 26.3 Å². The van der Waals surface area contributed by atoms with Crippen LogP contribution in [0.3, 0.4) is 0 Å². The van der Waals surface area contributed by atoms with Gasteiger partial charge in [-0.15, -0.1) is 0 Å². The van der Waals surface area contributed by atoms with Crippen molar-refractivity contribution in [3.05, 3.63) is 0 Å². The number of nitriles is 1. The van der Waals surface area contributed by atoms with Crippen molar-refractivity contribution < 1.29 is 14.3 Å². The summed E-state index contributed by atoms with van der Waals surface area (Å²) >= 11 is 0. The number of hydrogen-bond donors (Lipinski definition) is 2. The Morgan fingerprint density at radius 2 is 2.12 bits per heavy atom. The molecule has 1 unspecified atom stereocenters. The Balaban J connectivity index is 2.09. The Hall–Kier alpha value is -1.61. The number of ether oxygens (including phenoxy) is 1. The van der Waals surface area contributed by atoms with Crippen LogP contribution in [-0.2, 0) is 14.3 Å². The largest absolute Gasteiger partial charge is 0.381 e. The third-order valence-electron chi connectivity index (χ3n) is 2.40. The number of amides is 2. The lowest BCUT2D eigenvalue weighted by molar-refractivity contribution is -0.139. The van der Waals surface area contributed by atoms with E-state index in [-0.39, 0.29) is 6.54 Å². The highest BCUT2D eigenvalue weighted by Gasteiger charge is 2.17. The second-order valence-electron chi connectivity index (χ2n) is 3.61. The molecular weight excluding hydrogens is 210 g/mol. The van der Waals surface area contributed by atoms with Crippen LogP contribution >= 0.6 is 0 Å². The molecule has 1 heterocycles. The lowest BCUT2D eigenvalue weighted by Gasteiger charge is -2.08. The van der Waals surface area contributed by atoms with E-state index in [1.54, 1.807) is 6.07 Å². The maximum Gasteiger partial charge on any atom is 0.310 e. The summed E-state index contributed by atoms with van der Waals surface area (Å²) in [6.45, 7) is 1.83. The normalized spacial score (nSPS) is 18.8. The highest BCUT2D eigenvalue weighted by atomic mass is 16.5. The Kier molecular flexibility index (Phi) is 5.29. The SMILES string of the molecule is N#CCNC(=O)C(=O)NCCC1CCOC1. The molecule has 2 amide bonds. The van der Waals surface area contributed by atoms with E-state index in [9.17, 15) is 9.59 Å².